The number of aromatic nitrogens is 6. The number of ether oxygens (including phenoxy) is 1. The first-order chi connectivity index (χ1) is 17.4. The van der Waals surface area contributed by atoms with E-state index in [1.165, 1.54) is 12.8 Å². The van der Waals surface area contributed by atoms with Gasteiger partial charge < -0.3 is 9.64 Å². The van der Waals surface area contributed by atoms with Crippen LogP contribution in [0.1, 0.15) is 67.3 Å². The Bertz CT molecular complexity index is 1450. The van der Waals surface area contributed by atoms with Crippen molar-refractivity contribution in [2.45, 2.75) is 58.6 Å². The topological polar surface area (TPSA) is 81.9 Å². The van der Waals surface area contributed by atoms with Gasteiger partial charge in [-0.2, -0.15) is 10.1 Å². The summed E-state index contributed by atoms with van der Waals surface area (Å²) >= 11 is 0. The van der Waals surface area contributed by atoms with Crippen LogP contribution in [0.5, 0.6) is 0 Å². The number of halogens is 1. The first-order valence-corrected chi connectivity index (χ1v) is 12.6. The zero-order valence-corrected chi connectivity index (χ0v) is 21.1. The molecule has 0 bridgehead atoms. The van der Waals surface area contributed by atoms with E-state index in [4.69, 9.17) is 24.7 Å². The van der Waals surface area contributed by atoms with Crippen molar-refractivity contribution in [3.8, 4) is 11.3 Å². The molecule has 186 valence electrons. The van der Waals surface area contributed by atoms with Gasteiger partial charge in [0.15, 0.2) is 5.65 Å². The second-order valence-electron chi connectivity index (χ2n) is 10.1. The summed E-state index contributed by atoms with van der Waals surface area (Å²) in [6.45, 7) is 9.64. The normalized spacial score (nSPS) is 18.4. The van der Waals surface area contributed by atoms with E-state index in [2.05, 4.69) is 16.2 Å². The minimum Gasteiger partial charge on any atom is -0.370 e. The van der Waals surface area contributed by atoms with Crippen molar-refractivity contribution in [3.05, 3.63) is 58.9 Å². The summed E-state index contributed by atoms with van der Waals surface area (Å²) in [6, 6.07) is 5.85. The van der Waals surface area contributed by atoms with E-state index in [1.54, 1.807) is 12.1 Å². The molecule has 2 aliphatic rings. The Balaban J connectivity index is 1.41. The van der Waals surface area contributed by atoms with Crippen LogP contribution in [0, 0.1) is 19.7 Å². The number of aryl methyl sites for hydroxylation is 2. The average Bonchev–Trinajstić information content (AvgIpc) is 3.60. The molecule has 1 aliphatic heterocycles. The summed E-state index contributed by atoms with van der Waals surface area (Å²) in [7, 11) is 0. The van der Waals surface area contributed by atoms with Gasteiger partial charge in [0.1, 0.15) is 23.1 Å². The number of nitrogens with zero attached hydrogens (tertiary/aromatic N) is 7. The van der Waals surface area contributed by atoms with Crippen LogP contribution < -0.4 is 4.90 Å². The van der Waals surface area contributed by atoms with Crippen molar-refractivity contribution in [1.29, 1.82) is 0 Å². The molecule has 9 heteroatoms. The Morgan fingerprint density at radius 2 is 1.86 bits per heavy atom. The maximum atomic E-state index is 15.4. The average molecular weight is 488 g/mol. The molecule has 2 fully saturated rings. The molecule has 1 saturated heterocycles. The van der Waals surface area contributed by atoms with E-state index in [-0.39, 0.29) is 17.8 Å². The molecule has 0 spiro atoms. The molecule has 36 heavy (non-hydrogen) atoms. The fourth-order valence-electron chi connectivity index (χ4n) is 4.60. The summed E-state index contributed by atoms with van der Waals surface area (Å²) in [4.78, 5) is 21.1. The maximum absolute atomic E-state index is 15.4. The lowest BCUT2D eigenvalue weighted by atomic mass is 10.00. The van der Waals surface area contributed by atoms with Gasteiger partial charge >= 0.3 is 0 Å². The fraction of sp³-hybridized carbons (Fsp3) is 0.444. The molecule has 6 rings (SSSR count). The van der Waals surface area contributed by atoms with Crippen molar-refractivity contribution < 1.29 is 9.13 Å². The van der Waals surface area contributed by atoms with E-state index in [0.717, 1.165) is 22.5 Å². The van der Waals surface area contributed by atoms with Crippen molar-refractivity contribution in [2.24, 2.45) is 0 Å². The summed E-state index contributed by atoms with van der Waals surface area (Å²) in [5, 5.41) is 4.52. The summed E-state index contributed by atoms with van der Waals surface area (Å²) < 4.78 is 23.5. The van der Waals surface area contributed by atoms with E-state index in [0.29, 0.717) is 54.1 Å². The van der Waals surface area contributed by atoms with Gasteiger partial charge in [0.05, 0.1) is 36.8 Å². The van der Waals surface area contributed by atoms with Crippen LogP contribution in [0.25, 0.3) is 22.4 Å². The third-order valence-corrected chi connectivity index (χ3v) is 7.11. The van der Waals surface area contributed by atoms with Gasteiger partial charge in [0.2, 0.25) is 5.95 Å². The van der Waals surface area contributed by atoms with Gasteiger partial charge in [-0.05, 0) is 50.3 Å². The molecule has 0 amide bonds. The molecule has 0 N–H and O–H groups in total. The number of fused-ring (bicyclic) bond motifs is 1. The highest BCUT2D eigenvalue weighted by Gasteiger charge is 2.29. The third-order valence-electron chi connectivity index (χ3n) is 7.11. The Kier molecular flexibility index (Phi) is 5.67. The van der Waals surface area contributed by atoms with Crippen molar-refractivity contribution in [2.75, 3.05) is 24.6 Å². The quantitative estimate of drug-likeness (QED) is 0.388. The number of morpholine rings is 1. The summed E-state index contributed by atoms with van der Waals surface area (Å²) in [5.41, 5.74) is 5.40. The van der Waals surface area contributed by atoms with Crippen LogP contribution >= 0.6 is 0 Å². The van der Waals surface area contributed by atoms with E-state index in [9.17, 15) is 0 Å². The van der Waals surface area contributed by atoms with Crippen molar-refractivity contribution >= 4 is 17.1 Å². The first-order valence-electron chi connectivity index (χ1n) is 12.6. The van der Waals surface area contributed by atoms with E-state index < -0.39 is 0 Å². The monoisotopic (exact) mass is 487 g/mol. The molecular weight excluding hydrogens is 457 g/mol. The molecule has 0 unspecified atom stereocenters. The predicted molar refractivity (Wildman–Crippen MR) is 135 cm³/mol. The molecule has 1 saturated carbocycles. The molecule has 8 nitrogen and oxygen atoms in total. The van der Waals surface area contributed by atoms with Gasteiger partial charge in [-0.25, -0.2) is 19.3 Å². The molecule has 4 aromatic rings. The van der Waals surface area contributed by atoms with E-state index in [1.807, 2.05) is 44.6 Å². The highest BCUT2D eigenvalue weighted by atomic mass is 19.1. The molecule has 3 aromatic heterocycles. The van der Waals surface area contributed by atoms with Gasteiger partial charge in [-0.3, -0.25) is 4.68 Å². The Morgan fingerprint density at radius 3 is 2.61 bits per heavy atom. The zero-order valence-electron chi connectivity index (χ0n) is 21.1. The number of rotatable bonds is 5. The van der Waals surface area contributed by atoms with Crippen molar-refractivity contribution in [3.63, 3.8) is 0 Å². The highest BCUT2D eigenvalue weighted by molar-refractivity contribution is 5.88. The van der Waals surface area contributed by atoms with Crippen LogP contribution in [0.3, 0.4) is 0 Å². The van der Waals surface area contributed by atoms with E-state index >= 15 is 4.39 Å². The summed E-state index contributed by atoms with van der Waals surface area (Å²) in [5.74, 6) is 0.412. The molecule has 1 aliphatic carbocycles. The highest BCUT2D eigenvalue weighted by Crippen LogP contribution is 2.36. The predicted octanol–water partition coefficient (Wildman–Crippen LogP) is 5.08. The van der Waals surface area contributed by atoms with Gasteiger partial charge in [-0.15, -0.1) is 0 Å². The summed E-state index contributed by atoms with van der Waals surface area (Å²) in [6.07, 6.45) is 6.20. The lowest BCUT2D eigenvalue weighted by Crippen LogP contribution is -2.39. The maximum Gasteiger partial charge on any atom is 0.228 e. The lowest BCUT2D eigenvalue weighted by Gasteiger charge is -2.32. The smallest absolute Gasteiger partial charge is 0.228 e. The molecular formula is C27H30FN7O. The SMILES string of the molecule is Cc1nc2nc(N3CCO[C@@H](c4cnn(C5CC5)c4)C3)nc(-c3ccc(C(C)C)cc3F)c2nc1C. The number of hydrogen-bond acceptors (Lipinski definition) is 7. The van der Waals surface area contributed by atoms with Crippen molar-refractivity contribution in [1.82, 2.24) is 29.7 Å². The number of benzene rings is 1. The van der Waals surface area contributed by atoms with Crippen LogP contribution in [0.2, 0.25) is 0 Å². The first kappa shape index (κ1) is 23.0. The Hall–Kier alpha value is -3.46. The second kappa shape index (κ2) is 8.89. The van der Waals surface area contributed by atoms with Gasteiger partial charge in [0, 0.05) is 23.9 Å². The number of hydrogen-bond donors (Lipinski definition) is 0. The largest absolute Gasteiger partial charge is 0.370 e. The minimum absolute atomic E-state index is 0.137. The molecule has 1 aromatic carbocycles. The Morgan fingerprint density at radius 1 is 1.06 bits per heavy atom. The van der Waals surface area contributed by atoms with Crippen LogP contribution in [0.15, 0.2) is 30.6 Å². The van der Waals surface area contributed by atoms with Gasteiger partial charge in [-0.1, -0.05) is 19.9 Å². The zero-order chi connectivity index (χ0) is 25.0. The van der Waals surface area contributed by atoms with Crippen LogP contribution in [-0.2, 0) is 4.74 Å². The minimum atomic E-state index is -0.320. The lowest BCUT2D eigenvalue weighted by molar-refractivity contribution is 0.0392. The standard InChI is InChI=1S/C27H30FN7O/c1-15(2)18-5-8-21(22(28)11-18)24-25-26(31-17(4)16(3)30-25)33-27(32-24)34-9-10-36-23(14-34)19-12-29-35(13-19)20-6-7-20/h5,8,11-13,15,20,23H,6-7,9-10,14H2,1-4H3/t23-/m1/s1. The molecule has 0 radical (unpaired) electrons. The van der Waals surface area contributed by atoms with Crippen LogP contribution in [-0.4, -0.2) is 49.4 Å². The second-order valence-corrected chi connectivity index (χ2v) is 10.1. The molecule has 1 atom stereocenters. The number of anilines is 1. The molecule has 4 heterocycles. The van der Waals surface area contributed by atoms with Gasteiger partial charge in [0.25, 0.3) is 0 Å². The van der Waals surface area contributed by atoms with Crippen LogP contribution in [0.4, 0.5) is 10.3 Å². The Labute approximate surface area is 209 Å². The third kappa shape index (κ3) is 4.21. The fourth-order valence-corrected chi connectivity index (χ4v) is 4.60.